The molecule has 0 spiro atoms. The molecule has 2 amide bonds. The van der Waals surface area contributed by atoms with Crippen LogP contribution in [0.15, 0.2) is 42.5 Å². The van der Waals surface area contributed by atoms with Crippen molar-refractivity contribution in [3.63, 3.8) is 0 Å². The van der Waals surface area contributed by atoms with Crippen molar-refractivity contribution >= 4 is 29.0 Å². The van der Waals surface area contributed by atoms with Crippen molar-refractivity contribution in [1.29, 1.82) is 0 Å². The maximum Gasteiger partial charge on any atom is 0.326 e. The van der Waals surface area contributed by atoms with Gasteiger partial charge in [0.2, 0.25) is 0 Å². The molecule has 3 rings (SSSR count). The lowest BCUT2D eigenvalue weighted by Gasteiger charge is -2.29. The summed E-state index contributed by atoms with van der Waals surface area (Å²) < 4.78 is 10.9. The molecule has 2 aromatic rings. The second-order valence-electron chi connectivity index (χ2n) is 5.00. The first-order chi connectivity index (χ1) is 11.2. The van der Waals surface area contributed by atoms with Crippen molar-refractivity contribution in [2.75, 3.05) is 30.0 Å². The van der Waals surface area contributed by atoms with E-state index < -0.39 is 0 Å². The van der Waals surface area contributed by atoms with Crippen LogP contribution >= 0.6 is 11.6 Å². The van der Waals surface area contributed by atoms with Gasteiger partial charge in [-0.25, -0.2) is 4.79 Å². The van der Waals surface area contributed by atoms with Crippen molar-refractivity contribution in [3.8, 4) is 11.5 Å². The summed E-state index contributed by atoms with van der Waals surface area (Å²) in [5, 5.41) is 3.44. The molecule has 0 aliphatic carbocycles. The van der Waals surface area contributed by atoms with Crippen molar-refractivity contribution in [2.45, 2.75) is 6.92 Å². The molecule has 1 aliphatic heterocycles. The predicted molar refractivity (Wildman–Crippen MR) is 90.9 cm³/mol. The highest BCUT2D eigenvalue weighted by atomic mass is 35.5. The van der Waals surface area contributed by atoms with E-state index in [9.17, 15) is 4.79 Å². The van der Waals surface area contributed by atoms with E-state index in [1.807, 2.05) is 31.2 Å². The molecule has 1 N–H and O–H groups in total. The molecule has 6 heteroatoms. The number of benzene rings is 2. The van der Waals surface area contributed by atoms with Crippen molar-refractivity contribution in [2.24, 2.45) is 0 Å². The van der Waals surface area contributed by atoms with E-state index in [0.29, 0.717) is 41.9 Å². The molecule has 0 bridgehead atoms. The van der Waals surface area contributed by atoms with Gasteiger partial charge in [0.1, 0.15) is 18.1 Å². The smallest absolute Gasteiger partial charge is 0.326 e. The Morgan fingerprint density at radius 2 is 2.09 bits per heavy atom. The first-order valence-electron chi connectivity index (χ1n) is 7.41. The average Bonchev–Trinajstić information content (AvgIpc) is 2.56. The van der Waals surface area contributed by atoms with Crippen LogP contribution in [0.2, 0.25) is 5.02 Å². The third-order valence-electron chi connectivity index (χ3n) is 3.45. The van der Waals surface area contributed by atoms with Crippen LogP contribution in [-0.2, 0) is 0 Å². The molecule has 1 aliphatic rings. The van der Waals surface area contributed by atoms with Crippen LogP contribution in [0, 0.1) is 0 Å². The lowest BCUT2D eigenvalue weighted by molar-refractivity contribution is 0.250. The fraction of sp³-hybridized carbons (Fsp3) is 0.235. The molecule has 0 aromatic heterocycles. The second-order valence-corrected chi connectivity index (χ2v) is 5.44. The highest BCUT2D eigenvalue weighted by molar-refractivity contribution is 6.31. The lowest BCUT2D eigenvalue weighted by atomic mass is 10.2. The number of ether oxygens (including phenoxy) is 2. The third kappa shape index (κ3) is 3.51. The fourth-order valence-corrected chi connectivity index (χ4v) is 2.56. The first-order valence-corrected chi connectivity index (χ1v) is 7.79. The van der Waals surface area contributed by atoms with E-state index in [0.717, 1.165) is 5.75 Å². The van der Waals surface area contributed by atoms with Gasteiger partial charge >= 0.3 is 6.03 Å². The molecular formula is C17H17ClN2O3. The van der Waals surface area contributed by atoms with Crippen molar-refractivity contribution in [3.05, 3.63) is 47.5 Å². The summed E-state index contributed by atoms with van der Waals surface area (Å²) >= 11 is 6.03. The Bertz CT molecular complexity index is 703. The number of carbonyl (C=O) groups is 1. The highest BCUT2D eigenvalue weighted by Gasteiger charge is 2.24. The Morgan fingerprint density at radius 3 is 2.83 bits per heavy atom. The number of carbonyl (C=O) groups excluding carboxylic acids is 1. The SMILES string of the molecule is CCOc1ccc(NC(=O)N2CCOc3ccc(Cl)cc32)cc1. The Balaban J connectivity index is 1.75. The minimum Gasteiger partial charge on any atom is -0.494 e. The van der Waals surface area contributed by atoms with Crippen LogP contribution < -0.4 is 19.7 Å². The van der Waals surface area contributed by atoms with Gasteiger partial charge in [0.25, 0.3) is 0 Å². The maximum absolute atomic E-state index is 12.5. The zero-order valence-electron chi connectivity index (χ0n) is 12.7. The number of halogens is 1. The van der Waals surface area contributed by atoms with Crippen LogP contribution in [-0.4, -0.2) is 25.8 Å². The van der Waals surface area contributed by atoms with Crippen LogP contribution in [0.5, 0.6) is 11.5 Å². The normalized spacial score (nSPS) is 13.0. The van der Waals surface area contributed by atoms with Gasteiger partial charge in [-0.15, -0.1) is 0 Å². The quantitative estimate of drug-likeness (QED) is 0.917. The van der Waals surface area contributed by atoms with Gasteiger partial charge in [0, 0.05) is 10.7 Å². The van der Waals surface area contributed by atoms with E-state index in [-0.39, 0.29) is 6.03 Å². The predicted octanol–water partition coefficient (Wildman–Crippen LogP) is 4.17. The average molecular weight is 333 g/mol. The Labute approximate surface area is 139 Å². The zero-order valence-corrected chi connectivity index (χ0v) is 13.5. The van der Waals surface area contributed by atoms with Crippen LogP contribution in [0.25, 0.3) is 0 Å². The number of amides is 2. The Hall–Kier alpha value is -2.40. The first kappa shape index (κ1) is 15.5. The lowest BCUT2D eigenvalue weighted by Crippen LogP contribution is -2.40. The van der Waals surface area contributed by atoms with Gasteiger partial charge in [0.05, 0.1) is 18.8 Å². The Morgan fingerprint density at radius 1 is 1.30 bits per heavy atom. The molecule has 0 radical (unpaired) electrons. The maximum atomic E-state index is 12.5. The topological polar surface area (TPSA) is 50.8 Å². The Kier molecular flexibility index (Phi) is 4.57. The number of rotatable bonds is 3. The molecule has 1 heterocycles. The molecule has 0 atom stereocenters. The molecule has 2 aromatic carbocycles. The summed E-state index contributed by atoms with van der Waals surface area (Å²) in [6, 6.07) is 12.3. The summed E-state index contributed by atoms with van der Waals surface area (Å²) in [4.78, 5) is 14.2. The summed E-state index contributed by atoms with van der Waals surface area (Å²) in [5.41, 5.74) is 1.38. The summed E-state index contributed by atoms with van der Waals surface area (Å²) in [5.74, 6) is 1.43. The van der Waals surface area contributed by atoms with Gasteiger partial charge in [-0.05, 0) is 49.4 Å². The van der Waals surface area contributed by atoms with Gasteiger partial charge < -0.3 is 14.8 Å². The standard InChI is InChI=1S/C17H17ClN2O3/c1-2-22-14-6-4-13(5-7-14)19-17(21)20-9-10-23-16-8-3-12(18)11-15(16)20/h3-8,11H,2,9-10H2,1H3,(H,19,21). The summed E-state index contributed by atoms with van der Waals surface area (Å²) in [7, 11) is 0. The van der Waals surface area contributed by atoms with Crippen LogP contribution in [0.3, 0.4) is 0 Å². The van der Waals surface area contributed by atoms with Gasteiger partial charge in [-0.3, -0.25) is 4.90 Å². The monoisotopic (exact) mass is 332 g/mol. The van der Waals surface area contributed by atoms with Crippen LogP contribution in [0.4, 0.5) is 16.2 Å². The minimum atomic E-state index is -0.221. The van der Waals surface area contributed by atoms with Gasteiger partial charge in [-0.2, -0.15) is 0 Å². The molecule has 0 fully saturated rings. The number of nitrogens with zero attached hydrogens (tertiary/aromatic N) is 1. The number of anilines is 2. The zero-order chi connectivity index (χ0) is 16.2. The number of nitrogens with one attached hydrogen (secondary N) is 1. The van der Waals surface area contributed by atoms with E-state index >= 15 is 0 Å². The number of hydrogen-bond donors (Lipinski definition) is 1. The highest BCUT2D eigenvalue weighted by Crippen LogP contribution is 2.34. The number of urea groups is 1. The number of hydrogen-bond acceptors (Lipinski definition) is 3. The largest absolute Gasteiger partial charge is 0.494 e. The second kappa shape index (κ2) is 6.79. The third-order valence-corrected chi connectivity index (χ3v) is 3.68. The molecule has 0 saturated carbocycles. The number of fused-ring (bicyclic) bond motifs is 1. The van der Waals surface area contributed by atoms with E-state index in [1.165, 1.54) is 0 Å². The molecule has 120 valence electrons. The van der Waals surface area contributed by atoms with E-state index in [2.05, 4.69) is 5.32 Å². The minimum absolute atomic E-state index is 0.221. The van der Waals surface area contributed by atoms with Crippen molar-refractivity contribution < 1.29 is 14.3 Å². The summed E-state index contributed by atoms with van der Waals surface area (Å²) in [6.45, 7) is 3.45. The van der Waals surface area contributed by atoms with E-state index in [1.54, 1.807) is 23.1 Å². The van der Waals surface area contributed by atoms with Gasteiger partial charge in [0.15, 0.2) is 0 Å². The molecule has 0 saturated heterocycles. The molecule has 0 unspecified atom stereocenters. The van der Waals surface area contributed by atoms with Gasteiger partial charge in [-0.1, -0.05) is 11.6 Å². The summed E-state index contributed by atoms with van der Waals surface area (Å²) in [6.07, 6.45) is 0. The van der Waals surface area contributed by atoms with Crippen molar-refractivity contribution in [1.82, 2.24) is 0 Å². The molecule has 5 nitrogen and oxygen atoms in total. The fourth-order valence-electron chi connectivity index (χ4n) is 2.39. The van der Waals surface area contributed by atoms with E-state index in [4.69, 9.17) is 21.1 Å². The molecule has 23 heavy (non-hydrogen) atoms. The van der Waals surface area contributed by atoms with Crippen LogP contribution in [0.1, 0.15) is 6.92 Å². The molecular weight excluding hydrogens is 316 g/mol.